The molecule has 2 atom stereocenters. The summed E-state index contributed by atoms with van der Waals surface area (Å²) in [6.45, 7) is 8.02. The molecule has 1 saturated heterocycles. The molecule has 1 amide bonds. The molecule has 2 unspecified atom stereocenters. The van der Waals surface area contributed by atoms with Crippen molar-refractivity contribution >= 4 is 37.5 Å². The fourth-order valence-corrected chi connectivity index (χ4v) is 7.50. The molecule has 180 valence electrons. The molecule has 0 N–H and O–H groups in total. The lowest BCUT2D eigenvalue weighted by molar-refractivity contribution is 0.0997. The summed E-state index contributed by atoms with van der Waals surface area (Å²) in [7, 11) is -3.60. The van der Waals surface area contributed by atoms with E-state index in [1.807, 2.05) is 23.6 Å². The van der Waals surface area contributed by atoms with Crippen molar-refractivity contribution in [1.82, 2.24) is 8.87 Å². The number of ether oxygens (including phenoxy) is 2. The third kappa shape index (κ3) is 4.14. The number of aromatic nitrogens is 1. The topological polar surface area (TPSA) is 90.2 Å². The zero-order chi connectivity index (χ0) is 24.0. The molecular weight excluding hydrogens is 474 g/mol. The minimum absolute atomic E-state index is 0.199. The molecule has 0 saturated carbocycles. The summed E-state index contributed by atoms with van der Waals surface area (Å²) >= 11 is 1.40. The number of benzene rings is 2. The third-order valence-electron chi connectivity index (χ3n) is 6.26. The molecule has 1 aromatic heterocycles. The fourth-order valence-electron chi connectivity index (χ4n) is 4.72. The summed E-state index contributed by atoms with van der Waals surface area (Å²) in [4.78, 5) is 18.0. The number of hydrogen-bond donors (Lipinski definition) is 0. The Balaban J connectivity index is 1.43. The largest absolute Gasteiger partial charge is 0.454 e. The van der Waals surface area contributed by atoms with Gasteiger partial charge in [-0.3, -0.25) is 4.79 Å². The van der Waals surface area contributed by atoms with Gasteiger partial charge in [-0.2, -0.15) is 9.30 Å². The van der Waals surface area contributed by atoms with Gasteiger partial charge in [-0.15, -0.1) is 0 Å². The monoisotopic (exact) mass is 501 g/mol. The smallest absolute Gasteiger partial charge is 0.279 e. The van der Waals surface area contributed by atoms with E-state index in [1.54, 1.807) is 4.31 Å². The van der Waals surface area contributed by atoms with E-state index in [-0.39, 0.29) is 11.7 Å². The van der Waals surface area contributed by atoms with Crippen LogP contribution in [-0.4, -0.2) is 43.1 Å². The quantitative estimate of drug-likeness (QED) is 0.542. The van der Waals surface area contributed by atoms with Crippen molar-refractivity contribution in [2.24, 2.45) is 16.8 Å². The average Bonchev–Trinajstić information content (AvgIpc) is 3.39. The summed E-state index contributed by atoms with van der Waals surface area (Å²) in [6, 6.07) is 9.88. The van der Waals surface area contributed by atoms with Crippen LogP contribution in [0.15, 0.2) is 46.3 Å². The highest BCUT2D eigenvalue weighted by molar-refractivity contribution is 7.89. The maximum absolute atomic E-state index is 13.1. The van der Waals surface area contributed by atoms with Crippen LogP contribution in [0.25, 0.3) is 10.2 Å². The second-order valence-electron chi connectivity index (χ2n) is 9.01. The number of rotatable bonds is 4. The van der Waals surface area contributed by atoms with Crippen molar-refractivity contribution < 1.29 is 22.7 Å². The van der Waals surface area contributed by atoms with Crippen LogP contribution in [0.2, 0.25) is 0 Å². The second kappa shape index (κ2) is 8.83. The van der Waals surface area contributed by atoms with Crippen LogP contribution < -0.4 is 14.3 Å². The van der Waals surface area contributed by atoms with E-state index in [1.165, 1.54) is 35.6 Å². The van der Waals surface area contributed by atoms with Gasteiger partial charge in [0.25, 0.3) is 5.91 Å². The Morgan fingerprint density at radius 2 is 1.74 bits per heavy atom. The predicted molar refractivity (Wildman–Crippen MR) is 130 cm³/mol. The number of sulfonamides is 1. The van der Waals surface area contributed by atoms with Gasteiger partial charge in [0, 0.05) is 37.3 Å². The Labute approximate surface area is 202 Å². The highest BCUT2D eigenvalue weighted by atomic mass is 32.2. The first-order valence-electron chi connectivity index (χ1n) is 11.4. The molecule has 2 aromatic carbocycles. The number of carbonyl (C=O) groups is 1. The zero-order valence-electron chi connectivity index (χ0n) is 19.4. The highest BCUT2D eigenvalue weighted by Gasteiger charge is 2.31. The number of thiazole rings is 1. The van der Waals surface area contributed by atoms with Crippen LogP contribution in [0.3, 0.4) is 0 Å². The normalized spacial score (nSPS) is 21.3. The average molecular weight is 502 g/mol. The maximum atomic E-state index is 13.1. The number of nitrogens with zero attached hydrogens (tertiary/aromatic N) is 3. The lowest BCUT2D eigenvalue weighted by Gasteiger charge is -2.34. The van der Waals surface area contributed by atoms with E-state index in [0.717, 1.165) is 16.6 Å². The van der Waals surface area contributed by atoms with Crippen molar-refractivity contribution in [3.05, 3.63) is 46.8 Å². The Kier molecular flexibility index (Phi) is 5.99. The molecule has 1 fully saturated rings. The van der Waals surface area contributed by atoms with E-state index >= 15 is 0 Å². The number of fused-ring (bicyclic) bond motifs is 2. The SMILES string of the molecule is CCn1c(=NC(=O)c2ccc(S(=O)(=O)N3CC(C)CC(C)C3)cc2)sc2cc3c(cc21)OCO3. The van der Waals surface area contributed by atoms with Crippen LogP contribution in [0, 0.1) is 11.8 Å². The van der Waals surface area contributed by atoms with Gasteiger partial charge in [-0.05, 0) is 49.4 Å². The van der Waals surface area contributed by atoms with Gasteiger partial charge in [-0.25, -0.2) is 8.42 Å². The number of amides is 1. The zero-order valence-corrected chi connectivity index (χ0v) is 21.0. The molecular formula is C24H27N3O5S2. The Morgan fingerprint density at radius 3 is 2.38 bits per heavy atom. The van der Waals surface area contributed by atoms with Gasteiger partial charge in [0.15, 0.2) is 16.3 Å². The molecule has 10 heteroatoms. The second-order valence-corrected chi connectivity index (χ2v) is 12.0. The van der Waals surface area contributed by atoms with E-state index in [4.69, 9.17) is 9.47 Å². The van der Waals surface area contributed by atoms with E-state index < -0.39 is 15.9 Å². The Bertz CT molecular complexity index is 1410. The molecule has 2 aliphatic rings. The van der Waals surface area contributed by atoms with Crippen molar-refractivity contribution in [2.75, 3.05) is 19.9 Å². The van der Waals surface area contributed by atoms with Gasteiger partial charge in [0.05, 0.1) is 15.1 Å². The highest BCUT2D eigenvalue weighted by Crippen LogP contribution is 2.37. The molecule has 2 aliphatic heterocycles. The molecule has 0 radical (unpaired) electrons. The molecule has 8 nitrogen and oxygen atoms in total. The van der Waals surface area contributed by atoms with Crippen LogP contribution in [0.1, 0.15) is 37.6 Å². The minimum atomic E-state index is -3.60. The number of hydrogen-bond acceptors (Lipinski definition) is 6. The van der Waals surface area contributed by atoms with Gasteiger partial charge in [-0.1, -0.05) is 25.2 Å². The van der Waals surface area contributed by atoms with Gasteiger partial charge >= 0.3 is 0 Å². The van der Waals surface area contributed by atoms with E-state index in [2.05, 4.69) is 18.8 Å². The van der Waals surface area contributed by atoms with Crippen molar-refractivity contribution in [3.63, 3.8) is 0 Å². The fraction of sp³-hybridized carbons (Fsp3) is 0.417. The summed E-state index contributed by atoms with van der Waals surface area (Å²) in [6.07, 6.45) is 1.03. The van der Waals surface area contributed by atoms with Gasteiger partial charge in [0.1, 0.15) is 0 Å². The maximum Gasteiger partial charge on any atom is 0.279 e. The van der Waals surface area contributed by atoms with Crippen molar-refractivity contribution in [2.45, 2.75) is 38.6 Å². The first-order valence-corrected chi connectivity index (χ1v) is 13.6. The van der Waals surface area contributed by atoms with Crippen LogP contribution >= 0.6 is 11.3 Å². The lowest BCUT2D eigenvalue weighted by Crippen LogP contribution is -2.42. The molecule has 34 heavy (non-hydrogen) atoms. The Hall–Kier alpha value is -2.69. The van der Waals surface area contributed by atoms with Crippen LogP contribution in [0.5, 0.6) is 11.5 Å². The lowest BCUT2D eigenvalue weighted by atomic mass is 9.94. The van der Waals surface area contributed by atoms with Crippen molar-refractivity contribution in [3.8, 4) is 11.5 Å². The van der Waals surface area contributed by atoms with Crippen LogP contribution in [0.4, 0.5) is 0 Å². The van der Waals surface area contributed by atoms with E-state index in [9.17, 15) is 13.2 Å². The predicted octanol–water partition coefficient (Wildman–Crippen LogP) is 3.86. The van der Waals surface area contributed by atoms with Gasteiger partial charge in [0.2, 0.25) is 16.8 Å². The summed E-state index contributed by atoms with van der Waals surface area (Å²) in [5.41, 5.74) is 1.27. The number of carbonyl (C=O) groups excluding carboxylic acids is 1. The summed E-state index contributed by atoms with van der Waals surface area (Å²) in [5.74, 6) is 1.59. The molecule has 5 rings (SSSR count). The third-order valence-corrected chi connectivity index (χ3v) is 9.15. The van der Waals surface area contributed by atoms with E-state index in [0.29, 0.717) is 53.3 Å². The number of piperidine rings is 1. The van der Waals surface area contributed by atoms with Crippen LogP contribution in [-0.2, 0) is 16.6 Å². The Morgan fingerprint density at radius 1 is 1.09 bits per heavy atom. The molecule has 0 aliphatic carbocycles. The molecule has 3 heterocycles. The van der Waals surface area contributed by atoms with Crippen molar-refractivity contribution in [1.29, 1.82) is 0 Å². The molecule has 3 aromatic rings. The molecule has 0 spiro atoms. The number of aryl methyl sites for hydroxylation is 1. The minimum Gasteiger partial charge on any atom is -0.454 e. The first-order chi connectivity index (χ1) is 16.3. The summed E-state index contributed by atoms with van der Waals surface area (Å²) in [5, 5.41) is 0. The first kappa shape index (κ1) is 23.1. The summed E-state index contributed by atoms with van der Waals surface area (Å²) < 4.78 is 41.6. The standard InChI is InChI=1S/C24H27N3O5S2/c1-4-27-19-10-20-21(32-14-31-20)11-22(19)33-24(27)25-23(28)17-5-7-18(8-6-17)34(29,30)26-12-15(2)9-16(3)13-26/h5-8,10-11,15-16H,4,9,12-14H2,1-3H3. The van der Waals surface area contributed by atoms with Gasteiger partial charge < -0.3 is 14.0 Å². The molecule has 0 bridgehead atoms.